The fourth-order valence-electron chi connectivity index (χ4n) is 1.35. The molecule has 0 saturated heterocycles. The molecule has 0 amide bonds. The molecule has 90 valence electrons. The van der Waals surface area contributed by atoms with Gasteiger partial charge in [0.2, 0.25) is 0 Å². The monoisotopic (exact) mass is 221 g/mol. The number of hydrogen-bond acceptors (Lipinski definition) is 2. The van der Waals surface area contributed by atoms with Crippen LogP contribution in [0.5, 0.6) is 5.75 Å². The fraction of sp³-hybridized carbons (Fsp3) is 0.571. The van der Waals surface area contributed by atoms with E-state index in [4.69, 9.17) is 4.74 Å². The standard InChI is InChI=1S/C14H23NO/c1-10(2)12(5)15-13-8-6-7-9-14(13)16-11(3)4/h6-12,15H,1-5H3. The SMILES string of the molecule is CC(C)Oc1ccccc1NC(C)C(C)C. The highest BCUT2D eigenvalue weighted by Crippen LogP contribution is 2.26. The number of para-hydroxylation sites is 2. The maximum Gasteiger partial charge on any atom is 0.142 e. The van der Waals surface area contributed by atoms with Crippen molar-refractivity contribution in [3.63, 3.8) is 0 Å². The van der Waals surface area contributed by atoms with Crippen LogP contribution in [0.4, 0.5) is 5.69 Å². The molecule has 0 bridgehead atoms. The summed E-state index contributed by atoms with van der Waals surface area (Å²) in [6.07, 6.45) is 0.206. The van der Waals surface area contributed by atoms with Crippen LogP contribution in [0.2, 0.25) is 0 Å². The Morgan fingerprint density at radius 3 is 2.19 bits per heavy atom. The lowest BCUT2D eigenvalue weighted by Crippen LogP contribution is -2.22. The van der Waals surface area contributed by atoms with Gasteiger partial charge in [-0.1, -0.05) is 26.0 Å². The molecule has 0 spiro atoms. The Balaban J connectivity index is 2.78. The van der Waals surface area contributed by atoms with Gasteiger partial charge >= 0.3 is 0 Å². The second kappa shape index (κ2) is 5.78. The van der Waals surface area contributed by atoms with Crippen LogP contribution in [0, 0.1) is 5.92 Å². The van der Waals surface area contributed by atoms with Crippen LogP contribution in [-0.4, -0.2) is 12.1 Å². The second-order valence-corrected chi connectivity index (χ2v) is 4.84. The number of nitrogens with one attached hydrogen (secondary N) is 1. The summed E-state index contributed by atoms with van der Waals surface area (Å²) in [5, 5.41) is 3.49. The predicted molar refractivity (Wildman–Crippen MR) is 70.1 cm³/mol. The molecule has 0 fully saturated rings. The molecule has 0 aromatic heterocycles. The summed E-state index contributed by atoms with van der Waals surface area (Å²) in [6, 6.07) is 8.55. The first-order valence-electron chi connectivity index (χ1n) is 6.03. The Bertz CT molecular complexity index is 320. The van der Waals surface area contributed by atoms with Crippen molar-refractivity contribution in [1.82, 2.24) is 0 Å². The minimum Gasteiger partial charge on any atom is -0.489 e. The normalized spacial score (nSPS) is 12.9. The van der Waals surface area contributed by atoms with Gasteiger partial charge in [0.1, 0.15) is 5.75 Å². The van der Waals surface area contributed by atoms with Crippen molar-refractivity contribution in [2.45, 2.75) is 46.8 Å². The molecule has 16 heavy (non-hydrogen) atoms. The Hall–Kier alpha value is -1.18. The minimum absolute atomic E-state index is 0.206. The number of hydrogen-bond donors (Lipinski definition) is 1. The van der Waals surface area contributed by atoms with Gasteiger partial charge in [0.05, 0.1) is 11.8 Å². The molecule has 0 radical (unpaired) electrons. The summed E-state index contributed by atoms with van der Waals surface area (Å²) in [7, 11) is 0. The summed E-state index contributed by atoms with van der Waals surface area (Å²) in [6.45, 7) is 10.7. The topological polar surface area (TPSA) is 21.3 Å². The van der Waals surface area contributed by atoms with Gasteiger partial charge in [-0.25, -0.2) is 0 Å². The molecule has 0 saturated carbocycles. The number of rotatable bonds is 5. The van der Waals surface area contributed by atoms with Gasteiger partial charge in [-0.3, -0.25) is 0 Å². The Kier molecular flexibility index (Phi) is 4.66. The van der Waals surface area contributed by atoms with Crippen molar-refractivity contribution in [3.8, 4) is 5.75 Å². The average molecular weight is 221 g/mol. The van der Waals surface area contributed by atoms with Gasteiger partial charge in [0.15, 0.2) is 0 Å². The molecular weight excluding hydrogens is 198 g/mol. The van der Waals surface area contributed by atoms with Crippen LogP contribution in [0.25, 0.3) is 0 Å². The average Bonchev–Trinajstić information content (AvgIpc) is 2.20. The zero-order valence-electron chi connectivity index (χ0n) is 10.9. The summed E-state index contributed by atoms with van der Waals surface area (Å²) < 4.78 is 5.76. The van der Waals surface area contributed by atoms with Gasteiger partial charge in [0, 0.05) is 6.04 Å². The van der Waals surface area contributed by atoms with E-state index in [1.807, 2.05) is 32.0 Å². The van der Waals surface area contributed by atoms with Crippen molar-refractivity contribution in [3.05, 3.63) is 24.3 Å². The third-order valence-electron chi connectivity index (χ3n) is 2.63. The Morgan fingerprint density at radius 2 is 1.62 bits per heavy atom. The molecule has 1 N–H and O–H groups in total. The van der Waals surface area contributed by atoms with E-state index in [9.17, 15) is 0 Å². The Labute approximate surface area is 99.0 Å². The number of ether oxygens (including phenoxy) is 1. The minimum atomic E-state index is 0.206. The highest BCUT2D eigenvalue weighted by molar-refractivity contribution is 5.56. The first-order valence-corrected chi connectivity index (χ1v) is 6.03. The quantitative estimate of drug-likeness (QED) is 0.813. The van der Waals surface area contributed by atoms with Crippen molar-refractivity contribution >= 4 is 5.69 Å². The first-order chi connectivity index (χ1) is 7.50. The molecule has 1 atom stereocenters. The largest absolute Gasteiger partial charge is 0.489 e. The molecular formula is C14H23NO. The van der Waals surface area contributed by atoms with E-state index in [1.54, 1.807) is 0 Å². The van der Waals surface area contributed by atoms with E-state index < -0.39 is 0 Å². The maximum atomic E-state index is 5.76. The van der Waals surface area contributed by atoms with Gasteiger partial charge in [0.25, 0.3) is 0 Å². The van der Waals surface area contributed by atoms with E-state index in [1.165, 1.54) is 0 Å². The Morgan fingerprint density at radius 1 is 1.00 bits per heavy atom. The molecule has 2 heteroatoms. The molecule has 1 aromatic carbocycles. The zero-order chi connectivity index (χ0) is 12.1. The first kappa shape index (κ1) is 12.9. The molecule has 1 rings (SSSR count). The predicted octanol–water partition coefficient (Wildman–Crippen LogP) is 3.93. The number of anilines is 1. The van der Waals surface area contributed by atoms with Crippen molar-refractivity contribution in [2.24, 2.45) is 5.92 Å². The van der Waals surface area contributed by atoms with E-state index in [0.29, 0.717) is 12.0 Å². The van der Waals surface area contributed by atoms with Crippen molar-refractivity contribution in [1.29, 1.82) is 0 Å². The molecule has 1 aromatic rings. The molecule has 0 aliphatic carbocycles. The molecule has 0 aliphatic rings. The van der Waals surface area contributed by atoms with Crippen LogP contribution in [0.3, 0.4) is 0 Å². The van der Waals surface area contributed by atoms with E-state index in [0.717, 1.165) is 11.4 Å². The molecule has 2 nitrogen and oxygen atoms in total. The third kappa shape index (κ3) is 3.76. The second-order valence-electron chi connectivity index (χ2n) is 4.84. The lowest BCUT2D eigenvalue weighted by Gasteiger charge is -2.21. The fourth-order valence-corrected chi connectivity index (χ4v) is 1.35. The summed E-state index contributed by atoms with van der Waals surface area (Å²) in [5.74, 6) is 1.54. The smallest absolute Gasteiger partial charge is 0.142 e. The summed E-state index contributed by atoms with van der Waals surface area (Å²) in [4.78, 5) is 0. The maximum absolute atomic E-state index is 5.76. The van der Waals surface area contributed by atoms with Gasteiger partial charge < -0.3 is 10.1 Å². The molecule has 0 aliphatic heterocycles. The van der Waals surface area contributed by atoms with E-state index in [-0.39, 0.29) is 6.10 Å². The molecule has 0 heterocycles. The van der Waals surface area contributed by atoms with Crippen LogP contribution in [-0.2, 0) is 0 Å². The van der Waals surface area contributed by atoms with Gasteiger partial charge in [-0.15, -0.1) is 0 Å². The zero-order valence-corrected chi connectivity index (χ0v) is 10.9. The van der Waals surface area contributed by atoms with Gasteiger partial charge in [-0.05, 0) is 38.8 Å². The molecule has 1 unspecified atom stereocenters. The van der Waals surface area contributed by atoms with E-state index in [2.05, 4.69) is 32.2 Å². The van der Waals surface area contributed by atoms with Crippen LogP contribution in [0.1, 0.15) is 34.6 Å². The summed E-state index contributed by atoms with van der Waals surface area (Å²) >= 11 is 0. The lowest BCUT2D eigenvalue weighted by atomic mass is 10.1. The van der Waals surface area contributed by atoms with E-state index >= 15 is 0 Å². The third-order valence-corrected chi connectivity index (χ3v) is 2.63. The van der Waals surface area contributed by atoms with Crippen LogP contribution in [0.15, 0.2) is 24.3 Å². The van der Waals surface area contributed by atoms with Gasteiger partial charge in [-0.2, -0.15) is 0 Å². The number of benzene rings is 1. The van der Waals surface area contributed by atoms with Crippen molar-refractivity contribution in [2.75, 3.05) is 5.32 Å². The van der Waals surface area contributed by atoms with Crippen LogP contribution < -0.4 is 10.1 Å². The lowest BCUT2D eigenvalue weighted by molar-refractivity contribution is 0.243. The highest BCUT2D eigenvalue weighted by Gasteiger charge is 2.10. The summed E-state index contributed by atoms with van der Waals surface area (Å²) in [5.41, 5.74) is 1.08. The van der Waals surface area contributed by atoms with Crippen LogP contribution >= 0.6 is 0 Å². The van der Waals surface area contributed by atoms with Crippen molar-refractivity contribution < 1.29 is 4.74 Å². The highest BCUT2D eigenvalue weighted by atomic mass is 16.5.